The van der Waals surface area contributed by atoms with Gasteiger partial charge in [0.25, 0.3) is 15.9 Å². The molecule has 3 rings (SSSR count). The van der Waals surface area contributed by atoms with Gasteiger partial charge in [0.1, 0.15) is 5.76 Å². The molecule has 1 heterocycles. The van der Waals surface area contributed by atoms with Gasteiger partial charge in [-0.05, 0) is 48.5 Å². The fraction of sp³-hybridized carbons (Fsp3) is 0.0909. The number of sulfonamides is 1. The van der Waals surface area contributed by atoms with E-state index in [1.165, 1.54) is 43.7 Å². The lowest BCUT2D eigenvalue weighted by molar-refractivity contribution is -0.142. The average molecular weight is 440 g/mol. The van der Waals surface area contributed by atoms with Crippen molar-refractivity contribution in [2.75, 3.05) is 23.3 Å². The van der Waals surface area contributed by atoms with Gasteiger partial charge < -0.3 is 14.5 Å². The first kappa shape index (κ1) is 21.8. The Morgan fingerprint density at radius 3 is 2.55 bits per heavy atom. The minimum absolute atomic E-state index is 0.00929. The largest absolute Gasteiger partial charge is 0.465 e. The first-order valence-electron chi connectivity index (χ1n) is 9.18. The van der Waals surface area contributed by atoms with E-state index in [-0.39, 0.29) is 10.6 Å². The first-order valence-corrected chi connectivity index (χ1v) is 10.6. The molecule has 160 valence electrons. The van der Waals surface area contributed by atoms with Crippen LogP contribution in [-0.4, -0.2) is 33.9 Å². The third-order valence-electron chi connectivity index (χ3n) is 4.17. The third kappa shape index (κ3) is 5.83. The van der Waals surface area contributed by atoms with Crippen molar-refractivity contribution in [3.63, 3.8) is 0 Å². The molecule has 1 N–H and O–H groups in total. The van der Waals surface area contributed by atoms with Gasteiger partial charge in [-0.15, -0.1) is 0 Å². The molecule has 0 spiro atoms. The number of carbonyl (C=O) groups is 2. The van der Waals surface area contributed by atoms with E-state index in [9.17, 15) is 18.0 Å². The first-order chi connectivity index (χ1) is 14.9. The maximum Gasteiger partial charge on any atom is 0.331 e. The maximum atomic E-state index is 12.9. The van der Waals surface area contributed by atoms with Crippen LogP contribution in [0.5, 0.6) is 0 Å². The predicted octanol–water partition coefficient (Wildman–Crippen LogP) is 3.30. The van der Waals surface area contributed by atoms with E-state index in [0.29, 0.717) is 11.4 Å². The zero-order chi connectivity index (χ0) is 22.3. The Kier molecular flexibility index (Phi) is 6.88. The van der Waals surface area contributed by atoms with Crippen LogP contribution in [0.4, 0.5) is 11.4 Å². The highest BCUT2D eigenvalue weighted by Crippen LogP contribution is 2.23. The van der Waals surface area contributed by atoms with Gasteiger partial charge in [0, 0.05) is 18.8 Å². The van der Waals surface area contributed by atoms with E-state index in [0.717, 1.165) is 10.4 Å². The van der Waals surface area contributed by atoms with Gasteiger partial charge in [0.05, 0.1) is 16.8 Å². The lowest BCUT2D eigenvalue weighted by Gasteiger charge is -2.19. The van der Waals surface area contributed by atoms with Crippen molar-refractivity contribution in [1.82, 2.24) is 0 Å². The fourth-order valence-corrected chi connectivity index (χ4v) is 3.83. The van der Waals surface area contributed by atoms with E-state index >= 15 is 0 Å². The number of ether oxygens (including phenoxy) is 1. The number of carbonyl (C=O) groups excluding carboxylic acids is 2. The summed E-state index contributed by atoms with van der Waals surface area (Å²) in [5.74, 6) is -0.849. The molecule has 0 aliphatic carbocycles. The predicted molar refractivity (Wildman–Crippen MR) is 116 cm³/mol. The van der Waals surface area contributed by atoms with Gasteiger partial charge in [0.15, 0.2) is 6.61 Å². The zero-order valence-electron chi connectivity index (χ0n) is 16.6. The highest BCUT2D eigenvalue weighted by atomic mass is 32.2. The fourth-order valence-electron chi connectivity index (χ4n) is 2.59. The highest BCUT2D eigenvalue weighted by molar-refractivity contribution is 7.92. The number of para-hydroxylation sites is 1. The summed E-state index contributed by atoms with van der Waals surface area (Å²) in [7, 11) is -2.38. The number of amides is 1. The van der Waals surface area contributed by atoms with Gasteiger partial charge in [-0.3, -0.25) is 9.10 Å². The lowest BCUT2D eigenvalue weighted by atomic mass is 10.3. The summed E-state index contributed by atoms with van der Waals surface area (Å²) in [6, 6.07) is 17.8. The molecular formula is C22H20N2O6S. The van der Waals surface area contributed by atoms with Crippen molar-refractivity contribution < 1.29 is 27.2 Å². The minimum Gasteiger partial charge on any atom is -0.465 e. The molecule has 0 radical (unpaired) electrons. The van der Waals surface area contributed by atoms with Crippen molar-refractivity contribution in [3.05, 3.63) is 84.8 Å². The van der Waals surface area contributed by atoms with Gasteiger partial charge in [-0.25, -0.2) is 13.2 Å². The molecular weight excluding hydrogens is 420 g/mol. The molecule has 0 aliphatic heterocycles. The summed E-state index contributed by atoms with van der Waals surface area (Å²) in [5.41, 5.74) is 0.765. The molecule has 2 aromatic carbocycles. The quantitative estimate of drug-likeness (QED) is 0.426. The Balaban J connectivity index is 1.61. The molecule has 31 heavy (non-hydrogen) atoms. The summed E-state index contributed by atoms with van der Waals surface area (Å²) in [6.07, 6.45) is 4.01. The normalized spacial score (nSPS) is 11.3. The molecule has 1 amide bonds. The molecule has 0 unspecified atom stereocenters. The molecule has 9 heteroatoms. The molecule has 0 saturated carbocycles. The number of rotatable bonds is 8. The van der Waals surface area contributed by atoms with Crippen LogP contribution < -0.4 is 9.62 Å². The maximum absolute atomic E-state index is 12.9. The van der Waals surface area contributed by atoms with E-state index in [2.05, 4.69) is 5.32 Å². The molecule has 0 aliphatic rings. The van der Waals surface area contributed by atoms with Crippen molar-refractivity contribution in [3.8, 4) is 0 Å². The third-order valence-corrected chi connectivity index (χ3v) is 5.95. The topological polar surface area (TPSA) is 106 Å². The molecule has 0 fully saturated rings. The summed E-state index contributed by atoms with van der Waals surface area (Å²) in [6.45, 7) is -0.526. The van der Waals surface area contributed by atoms with Crippen LogP contribution in [0.15, 0.2) is 88.4 Å². The number of hydrogen-bond donors (Lipinski definition) is 1. The number of esters is 1. The number of benzene rings is 2. The summed E-state index contributed by atoms with van der Waals surface area (Å²) in [4.78, 5) is 23.8. The second kappa shape index (κ2) is 9.77. The molecule has 0 saturated heterocycles. The minimum atomic E-state index is -3.83. The standard InChI is InChI=1S/C22H20N2O6S/c1-24(18-8-3-2-4-9-18)31(27,28)20-11-5-7-17(15-20)23-21(25)16-30-22(26)13-12-19-10-6-14-29-19/h2-15H,16H2,1H3,(H,23,25). The summed E-state index contributed by atoms with van der Waals surface area (Å²) in [5, 5.41) is 2.52. The van der Waals surface area contributed by atoms with Gasteiger partial charge in [-0.2, -0.15) is 0 Å². The van der Waals surface area contributed by atoms with Crippen LogP contribution in [0.25, 0.3) is 6.08 Å². The van der Waals surface area contributed by atoms with Gasteiger partial charge in [0.2, 0.25) is 0 Å². The molecule has 0 bridgehead atoms. The van der Waals surface area contributed by atoms with Gasteiger partial charge >= 0.3 is 5.97 Å². The van der Waals surface area contributed by atoms with E-state index in [1.807, 2.05) is 0 Å². The molecule has 1 aromatic heterocycles. The monoisotopic (exact) mass is 440 g/mol. The zero-order valence-corrected chi connectivity index (χ0v) is 17.4. The number of nitrogens with zero attached hydrogens (tertiary/aromatic N) is 1. The lowest BCUT2D eigenvalue weighted by Crippen LogP contribution is -2.26. The van der Waals surface area contributed by atoms with Crippen LogP contribution >= 0.6 is 0 Å². The average Bonchev–Trinajstić information content (AvgIpc) is 3.30. The van der Waals surface area contributed by atoms with E-state index in [4.69, 9.17) is 9.15 Å². The molecule has 3 aromatic rings. The number of furan rings is 1. The van der Waals surface area contributed by atoms with Crippen LogP contribution in [0.1, 0.15) is 5.76 Å². The number of anilines is 2. The number of nitrogens with one attached hydrogen (secondary N) is 1. The van der Waals surface area contributed by atoms with Crippen LogP contribution in [0.2, 0.25) is 0 Å². The second-order valence-corrected chi connectivity index (χ2v) is 8.31. The Bertz CT molecular complexity index is 1170. The van der Waals surface area contributed by atoms with Crippen molar-refractivity contribution in [2.45, 2.75) is 4.90 Å². The second-order valence-electron chi connectivity index (χ2n) is 6.34. The van der Waals surface area contributed by atoms with E-state index in [1.54, 1.807) is 42.5 Å². The highest BCUT2D eigenvalue weighted by Gasteiger charge is 2.21. The summed E-state index contributed by atoms with van der Waals surface area (Å²) < 4.78 is 36.8. The van der Waals surface area contributed by atoms with Crippen molar-refractivity contribution in [2.24, 2.45) is 0 Å². The van der Waals surface area contributed by atoms with Crippen LogP contribution in [0, 0.1) is 0 Å². The smallest absolute Gasteiger partial charge is 0.331 e. The van der Waals surface area contributed by atoms with Gasteiger partial charge in [-0.1, -0.05) is 24.3 Å². The molecule has 0 atom stereocenters. The van der Waals surface area contributed by atoms with Crippen LogP contribution in [-0.2, 0) is 24.3 Å². The van der Waals surface area contributed by atoms with Crippen LogP contribution in [0.3, 0.4) is 0 Å². The number of hydrogen-bond acceptors (Lipinski definition) is 6. The Morgan fingerprint density at radius 2 is 1.84 bits per heavy atom. The van der Waals surface area contributed by atoms with E-state index < -0.39 is 28.5 Å². The Labute approximate surface area is 179 Å². The summed E-state index contributed by atoms with van der Waals surface area (Å²) >= 11 is 0. The van der Waals surface area contributed by atoms with Crippen molar-refractivity contribution >= 4 is 39.4 Å². The molecule has 8 nitrogen and oxygen atoms in total. The Hall–Kier alpha value is -3.85. The SMILES string of the molecule is CN(c1ccccc1)S(=O)(=O)c1cccc(NC(=O)COC(=O)C=Cc2ccco2)c1. The Morgan fingerprint density at radius 1 is 1.06 bits per heavy atom. The van der Waals surface area contributed by atoms with Crippen molar-refractivity contribution in [1.29, 1.82) is 0 Å².